The number of amides is 2. The first kappa shape index (κ1) is 27.4. The molecule has 5 rings (SSSR count). The van der Waals surface area contributed by atoms with E-state index < -0.39 is 23.8 Å². The van der Waals surface area contributed by atoms with Crippen LogP contribution in [0.5, 0.6) is 0 Å². The van der Waals surface area contributed by atoms with E-state index in [4.69, 9.17) is 4.98 Å². The van der Waals surface area contributed by atoms with Crippen molar-refractivity contribution in [3.05, 3.63) is 95.6 Å². The second-order valence-corrected chi connectivity index (χ2v) is 11.6. The van der Waals surface area contributed by atoms with Gasteiger partial charge in [-0.25, -0.2) is 19.7 Å². The van der Waals surface area contributed by atoms with Crippen LogP contribution in [0.1, 0.15) is 62.7 Å². The standard InChI is InChI=1S/C32H35N5O3/c1-19-15-24(35-30(39)37-28-22-13-9-10-14-23(22)31(2,3)16-25(28)38)27(20-11-7-6-8-12-20)36-26(19)21-17-33-29(34-18-21)32(4,5)40/h6-15,17-18,25,28,38,40H,16H2,1-5H3,(H2,35,37,39)/t25-,28?/m1/s1. The van der Waals surface area contributed by atoms with Gasteiger partial charge in [-0.15, -0.1) is 0 Å². The summed E-state index contributed by atoms with van der Waals surface area (Å²) in [5, 5.41) is 27.2. The molecule has 0 bridgehead atoms. The monoisotopic (exact) mass is 537 g/mol. The number of aliphatic hydroxyl groups excluding tert-OH is 1. The molecule has 0 fully saturated rings. The second-order valence-electron chi connectivity index (χ2n) is 11.6. The third-order valence-electron chi connectivity index (χ3n) is 7.40. The number of carbonyl (C=O) groups excluding carboxylic acids is 1. The average molecular weight is 538 g/mol. The van der Waals surface area contributed by atoms with Gasteiger partial charge < -0.3 is 20.8 Å². The number of carbonyl (C=O) groups is 1. The van der Waals surface area contributed by atoms with E-state index in [0.29, 0.717) is 34.9 Å². The molecule has 2 amide bonds. The van der Waals surface area contributed by atoms with E-state index >= 15 is 0 Å². The van der Waals surface area contributed by atoms with Gasteiger partial charge in [-0.05, 0) is 55.4 Å². The van der Waals surface area contributed by atoms with E-state index in [1.54, 1.807) is 26.2 Å². The number of benzene rings is 2. The highest BCUT2D eigenvalue weighted by atomic mass is 16.3. The molecular weight excluding hydrogens is 502 g/mol. The number of rotatable bonds is 5. The first-order valence-electron chi connectivity index (χ1n) is 13.4. The number of aryl methyl sites for hydroxylation is 1. The Bertz CT molecular complexity index is 1530. The van der Waals surface area contributed by atoms with E-state index in [-0.39, 0.29) is 5.41 Å². The molecule has 8 nitrogen and oxygen atoms in total. The van der Waals surface area contributed by atoms with E-state index in [1.165, 1.54) is 0 Å². The molecule has 0 aliphatic heterocycles. The lowest BCUT2D eigenvalue weighted by Gasteiger charge is -2.40. The molecule has 2 atom stereocenters. The minimum absolute atomic E-state index is 0.198. The van der Waals surface area contributed by atoms with Crippen LogP contribution in [0, 0.1) is 6.92 Å². The van der Waals surface area contributed by atoms with Crippen LogP contribution in [0.4, 0.5) is 10.5 Å². The summed E-state index contributed by atoms with van der Waals surface area (Å²) < 4.78 is 0. The number of nitrogens with zero attached hydrogens (tertiary/aromatic N) is 3. The zero-order chi connectivity index (χ0) is 28.7. The first-order chi connectivity index (χ1) is 18.9. The Hall–Kier alpha value is -4.14. The fraction of sp³-hybridized carbons (Fsp3) is 0.312. The first-order valence-corrected chi connectivity index (χ1v) is 13.4. The largest absolute Gasteiger partial charge is 0.391 e. The van der Waals surface area contributed by atoms with Crippen LogP contribution >= 0.6 is 0 Å². The lowest BCUT2D eigenvalue weighted by atomic mass is 9.70. The molecule has 206 valence electrons. The van der Waals surface area contributed by atoms with Gasteiger partial charge in [0.1, 0.15) is 5.60 Å². The van der Waals surface area contributed by atoms with Crippen LogP contribution in [-0.2, 0) is 11.0 Å². The third-order valence-corrected chi connectivity index (χ3v) is 7.40. The van der Waals surface area contributed by atoms with Crippen molar-refractivity contribution < 1.29 is 15.0 Å². The number of aromatic nitrogens is 3. The summed E-state index contributed by atoms with van der Waals surface area (Å²) in [5.74, 6) is 0.321. The van der Waals surface area contributed by atoms with E-state index in [0.717, 1.165) is 22.3 Å². The molecule has 0 radical (unpaired) electrons. The number of fused-ring (bicyclic) bond motifs is 1. The fourth-order valence-electron chi connectivity index (χ4n) is 5.40. The molecule has 0 spiro atoms. The summed E-state index contributed by atoms with van der Waals surface area (Å²) in [7, 11) is 0. The minimum atomic E-state index is -1.15. The fourth-order valence-corrected chi connectivity index (χ4v) is 5.40. The normalized spacial score (nSPS) is 18.1. The molecule has 2 aromatic heterocycles. The summed E-state index contributed by atoms with van der Waals surface area (Å²) in [4.78, 5) is 27.0. The van der Waals surface area contributed by atoms with Gasteiger partial charge in [0.2, 0.25) is 0 Å². The lowest BCUT2D eigenvalue weighted by Crippen LogP contribution is -2.45. The van der Waals surface area contributed by atoms with Crippen LogP contribution in [0.25, 0.3) is 22.5 Å². The summed E-state index contributed by atoms with van der Waals surface area (Å²) in [6.07, 6.45) is 3.10. The van der Waals surface area contributed by atoms with Crippen molar-refractivity contribution in [1.29, 1.82) is 0 Å². The van der Waals surface area contributed by atoms with Gasteiger partial charge in [0.25, 0.3) is 0 Å². The third kappa shape index (κ3) is 5.46. The zero-order valence-electron chi connectivity index (χ0n) is 23.4. The topological polar surface area (TPSA) is 120 Å². The highest BCUT2D eigenvalue weighted by molar-refractivity contribution is 5.94. The number of aliphatic hydroxyl groups is 2. The van der Waals surface area contributed by atoms with Crippen molar-refractivity contribution in [1.82, 2.24) is 20.3 Å². The molecule has 2 aromatic carbocycles. The van der Waals surface area contributed by atoms with Crippen molar-refractivity contribution in [3.8, 4) is 22.5 Å². The highest BCUT2D eigenvalue weighted by Gasteiger charge is 2.39. The van der Waals surface area contributed by atoms with Gasteiger partial charge in [-0.2, -0.15) is 0 Å². The van der Waals surface area contributed by atoms with E-state index in [2.05, 4.69) is 40.5 Å². The second kappa shape index (κ2) is 10.4. The maximum Gasteiger partial charge on any atom is 0.319 e. The Kier molecular flexibility index (Phi) is 7.16. The minimum Gasteiger partial charge on any atom is -0.391 e. The molecule has 40 heavy (non-hydrogen) atoms. The van der Waals surface area contributed by atoms with Gasteiger partial charge in [0, 0.05) is 23.5 Å². The van der Waals surface area contributed by atoms with Gasteiger partial charge in [-0.3, -0.25) is 0 Å². The van der Waals surface area contributed by atoms with Crippen LogP contribution in [0.2, 0.25) is 0 Å². The molecule has 1 aliphatic carbocycles. The molecular formula is C32H35N5O3. The Morgan fingerprint density at radius 1 is 0.975 bits per heavy atom. The summed E-state index contributed by atoms with van der Waals surface area (Å²) >= 11 is 0. The highest BCUT2D eigenvalue weighted by Crippen LogP contribution is 2.41. The summed E-state index contributed by atoms with van der Waals surface area (Å²) in [5.41, 5.74) is 4.84. The average Bonchev–Trinajstić information content (AvgIpc) is 2.91. The zero-order valence-corrected chi connectivity index (χ0v) is 23.4. The van der Waals surface area contributed by atoms with Crippen LogP contribution in [0.15, 0.2) is 73.1 Å². The lowest BCUT2D eigenvalue weighted by molar-refractivity contribution is 0.0687. The Labute approximate surface area is 234 Å². The maximum absolute atomic E-state index is 13.4. The predicted octanol–water partition coefficient (Wildman–Crippen LogP) is 5.65. The summed E-state index contributed by atoms with van der Waals surface area (Å²) in [6, 6.07) is 18.5. The molecule has 1 aliphatic rings. The van der Waals surface area contributed by atoms with Crippen LogP contribution in [-0.4, -0.2) is 37.3 Å². The van der Waals surface area contributed by atoms with Gasteiger partial charge in [0.05, 0.1) is 29.2 Å². The maximum atomic E-state index is 13.4. The Morgan fingerprint density at radius 3 is 2.30 bits per heavy atom. The molecule has 2 heterocycles. The van der Waals surface area contributed by atoms with Crippen molar-refractivity contribution in [2.24, 2.45) is 0 Å². The van der Waals surface area contributed by atoms with Crippen molar-refractivity contribution in [2.75, 3.05) is 5.32 Å². The Balaban J connectivity index is 1.48. The number of pyridine rings is 1. The Morgan fingerprint density at radius 2 is 1.62 bits per heavy atom. The summed E-state index contributed by atoms with van der Waals surface area (Å²) in [6.45, 7) is 9.40. The van der Waals surface area contributed by atoms with Gasteiger partial charge >= 0.3 is 6.03 Å². The number of nitrogens with one attached hydrogen (secondary N) is 2. The molecule has 1 unspecified atom stereocenters. The quantitative estimate of drug-likeness (QED) is 0.261. The van der Waals surface area contributed by atoms with E-state index in [1.807, 2.05) is 61.5 Å². The van der Waals surface area contributed by atoms with Crippen LogP contribution in [0.3, 0.4) is 0 Å². The van der Waals surface area contributed by atoms with Gasteiger partial charge in [0.15, 0.2) is 5.82 Å². The van der Waals surface area contributed by atoms with E-state index in [9.17, 15) is 15.0 Å². The smallest absolute Gasteiger partial charge is 0.319 e. The number of hydrogen-bond donors (Lipinski definition) is 4. The molecule has 4 aromatic rings. The SMILES string of the molecule is Cc1cc(NC(=O)NC2c3ccccc3C(C)(C)C[C@H]2O)c(-c2ccccc2)nc1-c1cnc(C(C)(C)O)nc1. The molecule has 0 saturated carbocycles. The number of anilines is 1. The van der Waals surface area contributed by atoms with Crippen molar-refractivity contribution in [3.63, 3.8) is 0 Å². The molecule has 4 N–H and O–H groups in total. The molecule has 0 saturated heterocycles. The number of hydrogen-bond acceptors (Lipinski definition) is 6. The molecule has 8 heteroatoms. The van der Waals surface area contributed by atoms with Crippen LogP contribution < -0.4 is 10.6 Å². The van der Waals surface area contributed by atoms with Crippen molar-refractivity contribution >= 4 is 11.7 Å². The van der Waals surface area contributed by atoms with Crippen molar-refractivity contribution in [2.45, 2.75) is 64.2 Å². The van der Waals surface area contributed by atoms with Gasteiger partial charge in [-0.1, -0.05) is 68.4 Å². The number of urea groups is 1. The predicted molar refractivity (Wildman–Crippen MR) is 156 cm³/mol.